The van der Waals surface area contributed by atoms with Crippen molar-refractivity contribution in [1.29, 1.82) is 0 Å². The summed E-state index contributed by atoms with van der Waals surface area (Å²) in [6.07, 6.45) is 0. The first-order chi connectivity index (χ1) is 14.4. The van der Waals surface area contributed by atoms with E-state index in [9.17, 15) is 9.59 Å². The Hall–Kier alpha value is -3.80. The molecule has 3 rings (SSSR count). The topological polar surface area (TPSA) is 76.7 Å². The van der Waals surface area contributed by atoms with Crippen LogP contribution in [0.2, 0.25) is 0 Å². The number of amides is 2. The second kappa shape index (κ2) is 9.60. The highest BCUT2D eigenvalue weighted by atomic mass is 16.5. The molecule has 0 bridgehead atoms. The summed E-state index contributed by atoms with van der Waals surface area (Å²) in [7, 11) is 1.52. The van der Waals surface area contributed by atoms with Gasteiger partial charge in [0.15, 0.2) is 6.61 Å². The zero-order chi connectivity index (χ0) is 21.5. The van der Waals surface area contributed by atoms with Gasteiger partial charge in [0.2, 0.25) is 0 Å². The molecule has 0 saturated carbocycles. The number of hydrogen-bond acceptors (Lipinski definition) is 4. The zero-order valence-corrected chi connectivity index (χ0v) is 17.2. The van der Waals surface area contributed by atoms with Crippen LogP contribution in [0.15, 0.2) is 66.7 Å². The molecule has 6 nitrogen and oxygen atoms in total. The van der Waals surface area contributed by atoms with Crippen molar-refractivity contribution in [3.05, 3.63) is 83.4 Å². The van der Waals surface area contributed by atoms with Crippen molar-refractivity contribution in [2.24, 2.45) is 0 Å². The number of hydrogen-bond donors (Lipinski definition) is 2. The summed E-state index contributed by atoms with van der Waals surface area (Å²) in [5, 5.41) is 5.61. The first-order valence-electron chi connectivity index (χ1n) is 9.50. The van der Waals surface area contributed by atoms with Gasteiger partial charge >= 0.3 is 0 Å². The molecular weight excluding hydrogens is 380 g/mol. The summed E-state index contributed by atoms with van der Waals surface area (Å²) in [4.78, 5) is 24.8. The van der Waals surface area contributed by atoms with Gasteiger partial charge in [0, 0.05) is 11.3 Å². The molecule has 3 aromatic carbocycles. The smallest absolute Gasteiger partial charge is 0.262 e. The maximum absolute atomic E-state index is 12.6. The molecule has 6 heteroatoms. The van der Waals surface area contributed by atoms with Crippen LogP contribution in [0.1, 0.15) is 21.5 Å². The fourth-order valence-electron chi connectivity index (χ4n) is 2.92. The van der Waals surface area contributed by atoms with Crippen LogP contribution in [0, 0.1) is 13.8 Å². The maximum atomic E-state index is 12.6. The number of ether oxygens (including phenoxy) is 2. The number of benzene rings is 3. The summed E-state index contributed by atoms with van der Waals surface area (Å²) in [6.45, 7) is 3.75. The number of methoxy groups -OCH3 is 1. The van der Waals surface area contributed by atoms with E-state index in [-0.39, 0.29) is 18.4 Å². The minimum Gasteiger partial charge on any atom is -0.495 e. The Morgan fingerprint density at radius 2 is 1.60 bits per heavy atom. The van der Waals surface area contributed by atoms with Crippen molar-refractivity contribution in [2.75, 3.05) is 24.4 Å². The molecular formula is C24H24N2O4. The highest BCUT2D eigenvalue weighted by Crippen LogP contribution is 2.28. The summed E-state index contributed by atoms with van der Waals surface area (Å²) in [5.41, 5.74) is 3.56. The Labute approximate surface area is 175 Å². The third-order valence-corrected chi connectivity index (χ3v) is 4.37. The highest BCUT2D eigenvalue weighted by molar-refractivity contribution is 6.05. The molecule has 0 heterocycles. The monoisotopic (exact) mass is 404 g/mol. The normalized spacial score (nSPS) is 10.2. The molecule has 3 aromatic rings. The van der Waals surface area contributed by atoms with E-state index in [0.717, 1.165) is 11.1 Å². The summed E-state index contributed by atoms with van der Waals surface area (Å²) in [6, 6.07) is 19.8. The van der Waals surface area contributed by atoms with E-state index < -0.39 is 0 Å². The molecule has 0 aliphatic carbocycles. The van der Waals surface area contributed by atoms with Crippen molar-refractivity contribution in [2.45, 2.75) is 13.8 Å². The average molecular weight is 404 g/mol. The number of carbonyl (C=O) groups is 2. The molecule has 30 heavy (non-hydrogen) atoms. The van der Waals surface area contributed by atoms with Gasteiger partial charge < -0.3 is 20.1 Å². The van der Waals surface area contributed by atoms with Crippen LogP contribution in [0.25, 0.3) is 0 Å². The lowest BCUT2D eigenvalue weighted by atomic mass is 10.1. The maximum Gasteiger partial charge on any atom is 0.262 e. The first kappa shape index (κ1) is 20.9. The Bertz CT molecular complexity index is 1060. The Morgan fingerprint density at radius 3 is 2.30 bits per heavy atom. The van der Waals surface area contributed by atoms with Gasteiger partial charge in [-0.2, -0.15) is 0 Å². The van der Waals surface area contributed by atoms with Gasteiger partial charge in [-0.05, 0) is 61.9 Å². The number of carbonyl (C=O) groups excluding carboxylic acids is 2. The van der Waals surface area contributed by atoms with E-state index in [0.29, 0.717) is 28.4 Å². The van der Waals surface area contributed by atoms with E-state index >= 15 is 0 Å². The Kier molecular flexibility index (Phi) is 6.70. The molecule has 0 aliphatic rings. The van der Waals surface area contributed by atoms with Gasteiger partial charge in [0.1, 0.15) is 11.5 Å². The van der Waals surface area contributed by atoms with Gasteiger partial charge in [-0.25, -0.2) is 0 Å². The molecule has 0 atom stereocenters. The van der Waals surface area contributed by atoms with E-state index in [1.807, 2.05) is 44.2 Å². The van der Waals surface area contributed by atoms with Crippen molar-refractivity contribution in [1.82, 2.24) is 0 Å². The van der Waals surface area contributed by atoms with Gasteiger partial charge in [-0.1, -0.05) is 29.8 Å². The van der Waals surface area contributed by atoms with Crippen LogP contribution < -0.4 is 20.1 Å². The van der Waals surface area contributed by atoms with Crippen LogP contribution in [0.4, 0.5) is 11.4 Å². The van der Waals surface area contributed by atoms with Crippen LogP contribution in [0.5, 0.6) is 11.5 Å². The number of aryl methyl sites for hydroxylation is 2. The van der Waals surface area contributed by atoms with E-state index in [1.165, 1.54) is 7.11 Å². The molecule has 0 saturated heterocycles. The molecule has 0 unspecified atom stereocenters. The number of nitrogens with one attached hydrogen (secondary N) is 2. The van der Waals surface area contributed by atoms with Crippen LogP contribution >= 0.6 is 0 Å². The third kappa shape index (κ3) is 5.61. The Morgan fingerprint density at radius 1 is 0.867 bits per heavy atom. The molecule has 0 aliphatic heterocycles. The van der Waals surface area contributed by atoms with Crippen molar-refractivity contribution < 1.29 is 19.1 Å². The number of rotatable bonds is 7. The summed E-state index contributed by atoms with van der Waals surface area (Å²) in [5.74, 6) is 0.553. The number of anilines is 2. The molecule has 0 fully saturated rings. The summed E-state index contributed by atoms with van der Waals surface area (Å²) >= 11 is 0. The highest BCUT2D eigenvalue weighted by Gasteiger charge is 2.12. The van der Waals surface area contributed by atoms with Gasteiger partial charge in [-0.15, -0.1) is 0 Å². The van der Waals surface area contributed by atoms with Crippen molar-refractivity contribution in [3.63, 3.8) is 0 Å². The second-order valence-corrected chi connectivity index (χ2v) is 6.89. The SMILES string of the molecule is COc1ccc(NC(=O)COc2cccc(C)c2)cc1NC(=O)c1cccc(C)c1. The van der Waals surface area contributed by atoms with Gasteiger partial charge in [-0.3, -0.25) is 9.59 Å². The lowest BCUT2D eigenvalue weighted by Gasteiger charge is -2.13. The molecule has 2 N–H and O–H groups in total. The lowest BCUT2D eigenvalue weighted by molar-refractivity contribution is -0.118. The largest absolute Gasteiger partial charge is 0.495 e. The fraction of sp³-hybridized carbons (Fsp3) is 0.167. The van der Waals surface area contributed by atoms with Gasteiger partial charge in [0.05, 0.1) is 12.8 Å². The molecule has 0 spiro atoms. The average Bonchev–Trinajstić information content (AvgIpc) is 2.72. The van der Waals surface area contributed by atoms with E-state index in [4.69, 9.17) is 9.47 Å². The quantitative estimate of drug-likeness (QED) is 0.604. The Balaban J connectivity index is 1.67. The van der Waals surface area contributed by atoms with E-state index in [2.05, 4.69) is 10.6 Å². The predicted molar refractivity (Wildman–Crippen MR) is 117 cm³/mol. The molecule has 2 amide bonds. The minimum absolute atomic E-state index is 0.125. The van der Waals surface area contributed by atoms with Crippen molar-refractivity contribution in [3.8, 4) is 11.5 Å². The third-order valence-electron chi connectivity index (χ3n) is 4.37. The molecule has 0 radical (unpaired) electrons. The van der Waals surface area contributed by atoms with Crippen molar-refractivity contribution >= 4 is 23.2 Å². The van der Waals surface area contributed by atoms with E-state index in [1.54, 1.807) is 36.4 Å². The zero-order valence-electron chi connectivity index (χ0n) is 17.2. The lowest BCUT2D eigenvalue weighted by Crippen LogP contribution is -2.20. The summed E-state index contributed by atoms with van der Waals surface area (Å²) < 4.78 is 10.9. The predicted octanol–water partition coefficient (Wildman–Crippen LogP) is 4.58. The fourth-order valence-corrected chi connectivity index (χ4v) is 2.92. The van der Waals surface area contributed by atoms with Crippen LogP contribution in [-0.4, -0.2) is 25.5 Å². The standard InChI is InChI=1S/C24H24N2O4/c1-16-6-4-8-18(12-16)24(28)26-21-14-19(10-11-22(21)29-3)25-23(27)15-30-20-9-5-7-17(2)13-20/h4-14H,15H2,1-3H3,(H,25,27)(H,26,28). The minimum atomic E-state index is -0.308. The van der Waals surface area contributed by atoms with Crippen LogP contribution in [0.3, 0.4) is 0 Å². The van der Waals surface area contributed by atoms with Gasteiger partial charge in [0.25, 0.3) is 11.8 Å². The van der Waals surface area contributed by atoms with Crippen LogP contribution in [-0.2, 0) is 4.79 Å². The molecule has 0 aromatic heterocycles. The molecule has 154 valence electrons. The second-order valence-electron chi connectivity index (χ2n) is 6.89. The first-order valence-corrected chi connectivity index (χ1v) is 9.50.